The first-order chi connectivity index (χ1) is 11.9. The van der Waals surface area contributed by atoms with Crippen molar-refractivity contribution < 1.29 is 9.53 Å². The third-order valence-corrected chi connectivity index (χ3v) is 4.46. The second-order valence-corrected chi connectivity index (χ2v) is 7.24. The van der Waals surface area contributed by atoms with Gasteiger partial charge in [0.2, 0.25) is 5.91 Å². The molecule has 0 saturated carbocycles. The maximum atomic E-state index is 12.0. The summed E-state index contributed by atoms with van der Waals surface area (Å²) in [7, 11) is 2.16. The van der Waals surface area contributed by atoms with Gasteiger partial charge in [-0.2, -0.15) is 0 Å². The molecule has 1 atom stereocenters. The van der Waals surface area contributed by atoms with E-state index in [-0.39, 0.29) is 43.1 Å². The van der Waals surface area contributed by atoms with Crippen LogP contribution in [0.2, 0.25) is 0 Å². The molecular formula is C19H35Cl3N4O2. The number of hydrogen-bond donors (Lipinski definition) is 2. The van der Waals surface area contributed by atoms with Crippen molar-refractivity contribution in [1.29, 1.82) is 0 Å². The minimum Gasteiger partial charge on any atom is -0.492 e. The Bertz CT molecular complexity index is 538. The third-order valence-electron chi connectivity index (χ3n) is 4.46. The highest BCUT2D eigenvalue weighted by molar-refractivity contribution is 5.94. The van der Waals surface area contributed by atoms with Crippen molar-refractivity contribution in [2.75, 3.05) is 51.7 Å². The Balaban J connectivity index is 0. The Morgan fingerprint density at radius 3 is 2.21 bits per heavy atom. The van der Waals surface area contributed by atoms with Gasteiger partial charge in [-0.05, 0) is 43.7 Å². The topological polar surface area (TPSA) is 70.8 Å². The van der Waals surface area contributed by atoms with E-state index in [0.717, 1.165) is 44.2 Å². The third kappa shape index (κ3) is 10.7. The molecule has 0 bridgehead atoms. The zero-order chi connectivity index (χ0) is 18.2. The molecule has 0 radical (unpaired) electrons. The van der Waals surface area contributed by atoms with Crippen molar-refractivity contribution in [2.24, 2.45) is 11.7 Å². The van der Waals surface area contributed by atoms with Crippen LogP contribution in [0.1, 0.15) is 20.3 Å². The van der Waals surface area contributed by atoms with Crippen LogP contribution in [0.25, 0.3) is 0 Å². The van der Waals surface area contributed by atoms with Crippen molar-refractivity contribution in [3.8, 4) is 5.75 Å². The molecule has 1 aliphatic heterocycles. The van der Waals surface area contributed by atoms with Crippen molar-refractivity contribution in [3.05, 3.63) is 24.3 Å². The number of hydrogen-bond acceptors (Lipinski definition) is 5. The fourth-order valence-electron chi connectivity index (χ4n) is 2.85. The molecule has 1 saturated heterocycles. The summed E-state index contributed by atoms with van der Waals surface area (Å²) < 4.78 is 5.80. The molecule has 1 aromatic carbocycles. The van der Waals surface area contributed by atoms with E-state index >= 15 is 0 Å². The Labute approximate surface area is 187 Å². The monoisotopic (exact) mass is 456 g/mol. The lowest BCUT2D eigenvalue weighted by molar-refractivity contribution is -0.117. The SMILES string of the molecule is CC(C)C[C@H](N)C(=O)Nc1ccc(OCCN2CCN(C)CC2)cc1.Cl.Cl.Cl. The van der Waals surface area contributed by atoms with Gasteiger partial charge < -0.3 is 20.7 Å². The van der Waals surface area contributed by atoms with Gasteiger partial charge in [0.05, 0.1) is 6.04 Å². The van der Waals surface area contributed by atoms with Gasteiger partial charge in [0.25, 0.3) is 0 Å². The number of halogens is 3. The Morgan fingerprint density at radius 1 is 1.11 bits per heavy atom. The summed E-state index contributed by atoms with van der Waals surface area (Å²) >= 11 is 0. The minimum absolute atomic E-state index is 0. The highest BCUT2D eigenvalue weighted by atomic mass is 35.5. The van der Waals surface area contributed by atoms with E-state index in [1.165, 1.54) is 0 Å². The first-order valence-electron chi connectivity index (χ1n) is 9.14. The van der Waals surface area contributed by atoms with Crippen LogP contribution in [0.4, 0.5) is 5.69 Å². The average molecular weight is 458 g/mol. The van der Waals surface area contributed by atoms with Crippen LogP contribution in [-0.2, 0) is 4.79 Å². The molecule has 6 nitrogen and oxygen atoms in total. The van der Waals surface area contributed by atoms with Crippen LogP contribution in [0.3, 0.4) is 0 Å². The fourth-order valence-corrected chi connectivity index (χ4v) is 2.85. The summed E-state index contributed by atoms with van der Waals surface area (Å²) in [6.45, 7) is 10.2. The summed E-state index contributed by atoms with van der Waals surface area (Å²) in [5.74, 6) is 1.08. The summed E-state index contributed by atoms with van der Waals surface area (Å²) in [6, 6.07) is 7.00. The van der Waals surface area contributed by atoms with Crippen LogP contribution in [0, 0.1) is 5.92 Å². The number of amides is 1. The van der Waals surface area contributed by atoms with Gasteiger partial charge in [0, 0.05) is 38.4 Å². The molecular weight excluding hydrogens is 423 g/mol. The average Bonchev–Trinajstić information content (AvgIpc) is 2.57. The molecule has 0 spiro atoms. The summed E-state index contributed by atoms with van der Waals surface area (Å²) in [5.41, 5.74) is 6.64. The molecule has 1 amide bonds. The molecule has 3 N–H and O–H groups in total. The van der Waals surface area contributed by atoms with E-state index in [1.807, 2.05) is 24.3 Å². The predicted molar refractivity (Wildman–Crippen MR) is 124 cm³/mol. The van der Waals surface area contributed by atoms with Crippen LogP contribution in [0.5, 0.6) is 5.75 Å². The number of rotatable bonds is 8. The van der Waals surface area contributed by atoms with Crippen molar-refractivity contribution in [3.63, 3.8) is 0 Å². The van der Waals surface area contributed by atoms with Crippen LogP contribution in [0.15, 0.2) is 24.3 Å². The standard InChI is InChI=1S/C19H32N4O2.3ClH/c1-15(2)14-18(20)19(24)21-16-4-6-17(7-5-16)25-13-12-23-10-8-22(3)9-11-23;;;/h4-7,15,18H,8-14,20H2,1-3H3,(H,21,24);3*1H/t18-;;;/m0.../s1. The maximum absolute atomic E-state index is 12.0. The molecule has 1 heterocycles. The summed E-state index contributed by atoms with van der Waals surface area (Å²) in [6.07, 6.45) is 0.680. The number of carbonyl (C=O) groups excluding carboxylic acids is 1. The van der Waals surface area contributed by atoms with Gasteiger partial charge in [-0.25, -0.2) is 0 Å². The van der Waals surface area contributed by atoms with E-state index in [2.05, 4.69) is 36.0 Å². The smallest absolute Gasteiger partial charge is 0.241 e. The second kappa shape index (κ2) is 15.1. The molecule has 0 aliphatic carbocycles. The quantitative estimate of drug-likeness (QED) is 0.628. The van der Waals surface area contributed by atoms with E-state index in [1.54, 1.807) is 0 Å². The number of piperazine rings is 1. The minimum atomic E-state index is -0.473. The number of ether oxygens (including phenoxy) is 1. The lowest BCUT2D eigenvalue weighted by Gasteiger charge is -2.32. The number of nitrogens with one attached hydrogen (secondary N) is 1. The lowest BCUT2D eigenvalue weighted by Crippen LogP contribution is -2.45. The van der Waals surface area contributed by atoms with E-state index in [0.29, 0.717) is 18.9 Å². The van der Waals surface area contributed by atoms with E-state index in [4.69, 9.17) is 10.5 Å². The number of benzene rings is 1. The van der Waals surface area contributed by atoms with Gasteiger partial charge in [0.15, 0.2) is 0 Å². The molecule has 1 aromatic rings. The first kappa shape index (κ1) is 29.4. The highest BCUT2D eigenvalue weighted by Crippen LogP contribution is 2.16. The molecule has 1 aliphatic rings. The van der Waals surface area contributed by atoms with Gasteiger partial charge >= 0.3 is 0 Å². The van der Waals surface area contributed by atoms with E-state index < -0.39 is 6.04 Å². The predicted octanol–water partition coefficient (Wildman–Crippen LogP) is 2.89. The first-order valence-corrected chi connectivity index (χ1v) is 9.14. The molecule has 164 valence electrons. The van der Waals surface area contributed by atoms with Crippen molar-refractivity contribution in [1.82, 2.24) is 9.80 Å². The van der Waals surface area contributed by atoms with Gasteiger partial charge in [-0.3, -0.25) is 9.69 Å². The van der Waals surface area contributed by atoms with Gasteiger partial charge in [-0.1, -0.05) is 13.8 Å². The Hall–Kier alpha value is -0.760. The van der Waals surface area contributed by atoms with Gasteiger partial charge in [-0.15, -0.1) is 37.2 Å². The van der Waals surface area contributed by atoms with Crippen LogP contribution < -0.4 is 15.8 Å². The summed E-state index contributed by atoms with van der Waals surface area (Å²) in [4.78, 5) is 16.8. The fraction of sp³-hybridized carbons (Fsp3) is 0.632. The molecule has 0 aromatic heterocycles. The number of carbonyl (C=O) groups is 1. The van der Waals surface area contributed by atoms with E-state index in [9.17, 15) is 4.79 Å². The molecule has 2 rings (SSSR count). The molecule has 1 fully saturated rings. The number of anilines is 1. The van der Waals surface area contributed by atoms with Gasteiger partial charge in [0.1, 0.15) is 12.4 Å². The second-order valence-electron chi connectivity index (χ2n) is 7.24. The maximum Gasteiger partial charge on any atom is 0.241 e. The zero-order valence-electron chi connectivity index (χ0n) is 16.9. The lowest BCUT2D eigenvalue weighted by atomic mass is 10.0. The number of nitrogens with zero attached hydrogens (tertiary/aromatic N) is 2. The van der Waals surface area contributed by atoms with Crippen LogP contribution in [-0.4, -0.2) is 68.1 Å². The highest BCUT2D eigenvalue weighted by Gasteiger charge is 2.15. The Kier molecular flexibility index (Phi) is 15.9. The molecule has 0 unspecified atom stereocenters. The number of likely N-dealkylation sites (N-methyl/N-ethyl adjacent to an activating group) is 1. The largest absolute Gasteiger partial charge is 0.492 e. The zero-order valence-corrected chi connectivity index (χ0v) is 19.4. The van der Waals surface area contributed by atoms with Crippen LogP contribution >= 0.6 is 37.2 Å². The number of nitrogens with two attached hydrogens (primary N) is 1. The normalized spacial score (nSPS) is 15.6. The van der Waals surface area contributed by atoms with Crippen molar-refractivity contribution >= 4 is 48.8 Å². The van der Waals surface area contributed by atoms with Crippen molar-refractivity contribution in [2.45, 2.75) is 26.3 Å². The summed E-state index contributed by atoms with van der Waals surface area (Å²) in [5, 5.41) is 2.85. The molecule has 9 heteroatoms. The molecule has 28 heavy (non-hydrogen) atoms. The Morgan fingerprint density at radius 2 is 1.68 bits per heavy atom.